The molecular formula is C20H42ClNO3. The molecule has 0 aliphatic heterocycles. The molecule has 0 bridgehead atoms. The van der Waals surface area contributed by atoms with Gasteiger partial charge in [-0.2, -0.15) is 0 Å². The van der Waals surface area contributed by atoms with E-state index in [1.807, 2.05) is 0 Å². The molecule has 0 spiro atoms. The van der Waals surface area contributed by atoms with Gasteiger partial charge in [0.25, 0.3) is 0 Å². The second-order valence-electron chi connectivity index (χ2n) is 6.46. The van der Waals surface area contributed by atoms with E-state index in [0.29, 0.717) is 38.9 Å². The molecule has 0 fully saturated rings. The number of unbranched alkanes of at least 4 members (excludes halogenated alkanes) is 9. The van der Waals surface area contributed by atoms with Crippen molar-refractivity contribution in [3.05, 3.63) is 0 Å². The Kier molecular flexibility index (Phi) is 24.3. The highest BCUT2D eigenvalue weighted by atomic mass is 35.5. The zero-order chi connectivity index (χ0) is 18.3. The van der Waals surface area contributed by atoms with E-state index >= 15 is 0 Å². The summed E-state index contributed by atoms with van der Waals surface area (Å²) in [6, 6.07) is 0. The topological polar surface area (TPSA) is 39.7 Å². The maximum Gasteiger partial charge on any atom is 0.0701 e. The fraction of sp³-hybridized carbons (Fsp3) is 1.00. The van der Waals surface area contributed by atoms with Crippen molar-refractivity contribution in [2.45, 2.75) is 71.1 Å². The van der Waals surface area contributed by atoms with E-state index < -0.39 is 0 Å². The zero-order valence-electron chi connectivity index (χ0n) is 16.5. The highest BCUT2D eigenvalue weighted by Gasteiger charge is 1.94. The lowest BCUT2D eigenvalue weighted by Gasteiger charge is -2.07. The van der Waals surface area contributed by atoms with Crippen LogP contribution in [0.4, 0.5) is 0 Å². The summed E-state index contributed by atoms with van der Waals surface area (Å²) < 4.78 is 16.1. The molecule has 25 heavy (non-hydrogen) atoms. The first kappa shape index (κ1) is 25.1. The fourth-order valence-electron chi connectivity index (χ4n) is 2.60. The Balaban J connectivity index is 2.94. The van der Waals surface area contributed by atoms with Crippen LogP contribution in [0.1, 0.15) is 71.1 Å². The van der Waals surface area contributed by atoms with Crippen LogP contribution in [0.2, 0.25) is 0 Å². The number of hydrogen-bond acceptors (Lipinski definition) is 4. The Morgan fingerprint density at radius 3 is 1.60 bits per heavy atom. The lowest BCUT2D eigenvalue weighted by Crippen LogP contribution is -2.21. The molecule has 0 aliphatic carbocycles. The molecule has 0 radical (unpaired) electrons. The van der Waals surface area contributed by atoms with Gasteiger partial charge in [0.1, 0.15) is 0 Å². The van der Waals surface area contributed by atoms with Crippen LogP contribution < -0.4 is 5.32 Å². The van der Waals surface area contributed by atoms with Gasteiger partial charge in [0, 0.05) is 12.4 Å². The van der Waals surface area contributed by atoms with E-state index in [9.17, 15) is 0 Å². The minimum atomic E-state index is 0.537. The van der Waals surface area contributed by atoms with E-state index in [2.05, 4.69) is 12.2 Å². The van der Waals surface area contributed by atoms with Gasteiger partial charge in [-0.05, 0) is 13.0 Å². The third-order valence-electron chi connectivity index (χ3n) is 4.10. The summed E-state index contributed by atoms with van der Waals surface area (Å²) in [5.74, 6) is 0.537. The summed E-state index contributed by atoms with van der Waals surface area (Å²) in [5, 5.41) is 3.44. The maximum atomic E-state index is 5.51. The Labute approximate surface area is 161 Å². The molecule has 0 aromatic rings. The van der Waals surface area contributed by atoms with Gasteiger partial charge >= 0.3 is 0 Å². The van der Waals surface area contributed by atoms with E-state index in [1.165, 1.54) is 64.2 Å². The summed E-state index contributed by atoms with van der Waals surface area (Å²) in [7, 11) is 0. The van der Waals surface area contributed by atoms with Crippen LogP contribution in [0.25, 0.3) is 0 Å². The summed E-state index contributed by atoms with van der Waals surface area (Å²) in [5.41, 5.74) is 0. The highest BCUT2D eigenvalue weighted by molar-refractivity contribution is 6.17. The highest BCUT2D eigenvalue weighted by Crippen LogP contribution is 2.10. The van der Waals surface area contributed by atoms with Gasteiger partial charge < -0.3 is 19.5 Å². The van der Waals surface area contributed by atoms with E-state index in [-0.39, 0.29) is 0 Å². The molecule has 0 aromatic carbocycles. The molecule has 152 valence electrons. The van der Waals surface area contributed by atoms with Crippen LogP contribution in [0.3, 0.4) is 0 Å². The number of halogens is 1. The van der Waals surface area contributed by atoms with Gasteiger partial charge in [-0.3, -0.25) is 0 Å². The number of alkyl halides is 1. The Hall–Kier alpha value is 0.130. The summed E-state index contributed by atoms with van der Waals surface area (Å²) in [6.07, 6.45) is 13.9. The second kappa shape index (κ2) is 24.1. The Bertz CT molecular complexity index is 211. The van der Waals surface area contributed by atoms with Crippen molar-refractivity contribution in [1.82, 2.24) is 5.32 Å². The van der Waals surface area contributed by atoms with Crippen LogP contribution in [0, 0.1) is 0 Å². The van der Waals surface area contributed by atoms with Crippen molar-refractivity contribution < 1.29 is 14.2 Å². The molecule has 0 atom stereocenters. The van der Waals surface area contributed by atoms with Crippen LogP contribution in [0.15, 0.2) is 0 Å². The van der Waals surface area contributed by atoms with E-state index in [0.717, 1.165) is 19.7 Å². The molecular weight excluding hydrogens is 338 g/mol. The van der Waals surface area contributed by atoms with Crippen molar-refractivity contribution >= 4 is 11.6 Å². The number of rotatable bonds is 22. The average Bonchev–Trinajstić information content (AvgIpc) is 2.63. The van der Waals surface area contributed by atoms with Gasteiger partial charge in [0.15, 0.2) is 0 Å². The number of nitrogens with one attached hydrogen (secondary N) is 1. The van der Waals surface area contributed by atoms with Crippen LogP contribution in [0.5, 0.6) is 0 Å². The van der Waals surface area contributed by atoms with Crippen LogP contribution >= 0.6 is 11.6 Å². The lowest BCUT2D eigenvalue weighted by molar-refractivity contribution is 0.0179. The second-order valence-corrected chi connectivity index (χ2v) is 6.84. The van der Waals surface area contributed by atoms with E-state index in [1.54, 1.807) is 0 Å². The van der Waals surface area contributed by atoms with Crippen molar-refractivity contribution in [1.29, 1.82) is 0 Å². The van der Waals surface area contributed by atoms with E-state index in [4.69, 9.17) is 25.8 Å². The molecule has 5 heteroatoms. The van der Waals surface area contributed by atoms with Gasteiger partial charge in [0.2, 0.25) is 0 Å². The average molecular weight is 380 g/mol. The minimum Gasteiger partial charge on any atom is -0.378 e. The van der Waals surface area contributed by atoms with Crippen molar-refractivity contribution in [2.75, 3.05) is 58.6 Å². The normalized spacial score (nSPS) is 11.3. The molecule has 0 unspecified atom stereocenters. The molecule has 0 saturated heterocycles. The molecule has 4 nitrogen and oxygen atoms in total. The predicted molar refractivity (Wildman–Crippen MR) is 108 cm³/mol. The largest absolute Gasteiger partial charge is 0.378 e. The SMILES string of the molecule is CCCCCCCCCCCCNCCOCCOCCOCCCl. The fourth-order valence-corrected chi connectivity index (χ4v) is 2.71. The maximum absolute atomic E-state index is 5.51. The summed E-state index contributed by atoms with van der Waals surface area (Å²) >= 11 is 5.50. The van der Waals surface area contributed by atoms with Gasteiger partial charge in [-0.1, -0.05) is 64.7 Å². The van der Waals surface area contributed by atoms with Crippen molar-refractivity contribution in [3.8, 4) is 0 Å². The smallest absolute Gasteiger partial charge is 0.0701 e. The Morgan fingerprint density at radius 2 is 1.04 bits per heavy atom. The van der Waals surface area contributed by atoms with Crippen molar-refractivity contribution in [2.24, 2.45) is 0 Å². The summed E-state index contributed by atoms with van der Waals surface area (Å²) in [6.45, 7) is 8.14. The monoisotopic (exact) mass is 379 g/mol. The standard InChI is InChI=1S/C20H42ClNO3/c1-2-3-4-5-6-7-8-9-10-11-13-22-14-16-24-18-20-25-19-17-23-15-12-21/h22H,2-20H2,1H3. The third-order valence-corrected chi connectivity index (χ3v) is 4.25. The quantitative estimate of drug-likeness (QED) is 0.217. The first-order chi connectivity index (χ1) is 12.4. The number of ether oxygens (including phenoxy) is 3. The molecule has 0 saturated carbocycles. The summed E-state index contributed by atoms with van der Waals surface area (Å²) in [4.78, 5) is 0. The first-order valence-corrected chi connectivity index (χ1v) is 10.9. The lowest BCUT2D eigenvalue weighted by atomic mass is 10.1. The Morgan fingerprint density at radius 1 is 0.560 bits per heavy atom. The third kappa shape index (κ3) is 24.1. The molecule has 0 aromatic heterocycles. The molecule has 0 rings (SSSR count). The molecule has 0 heterocycles. The predicted octanol–water partition coefficient (Wildman–Crippen LogP) is 4.79. The minimum absolute atomic E-state index is 0.537. The molecule has 0 amide bonds. The van der Waals surface area contributed by atoms with Gasteiger partial charge in [-0.25, -0.2) is 0 Å². The number of hydrogen-bond donors (Lipinski definition) is 1. The van der Waals surface area contributed by atoms with Crippen LogP contribution in [-0.4, -0.2) is 58.6 Å². The van der Waals surface area contributed by atoms with Gasteiger partial charge in [-0.15, -0.1) is 11.6 Å². The van der Waals surface area contributed by atoms with Crippen molar-refractivity contribution in [3.63, 3.8) is 0 Å². The van der Waals surface area contributed by atoms with Gasteiger partial charge in [0.05, 0.1) is 39.6 Å². The zero-order valence-corrected chi connectivity index (χ0v) is 17.3. The first-order valence-electron chi connectivity index (χ1n) is 10.4. The molecule has 0 aliphatic rings. The molecule has 1 N–H and O–H groups in total. The van der Waals surface area contributed by atoms with Crippen LogP contribution in [-0.2, 0) is 14.2 Å².